The first-order valence-electron chi connectivity index (χ1n) is 5.35. The zero-order valence-corrected chi connectivity index (χ0v) is 9.51. The molecule has 0 saturated heterocycles. The zero-order chi connectivity index (χ0) is 13.1. The van der Waals surface area contributed by atoms with E-state index in [9.17, 15) is 23.1 Å². The summed E-state index contributed by atoms with van der Waals surface area (Å²) in [5.41, 5.74) is -2.38. The van der Waals surface area contributed by atoms with E-state index < -0.39 is 23.6 Å². The highest BCUT2D eigenvalue weighted by Crippen LogP contribution is 2.49. The summed E-state index contributed by atoms with van der Waals surface area (Å²) in [7, 11) is 1.28. The summed E-state index contributed by atoms with van der Waals surface area (Å²) in [6.07, 6.45) is -6.15. The van der Waals surface area contributed by atoms with Gasteiger partial charge in [-0.1, -0.05) is 0 Å². The molecular weight excluding hydrogens is 239 g/mol. The molecule has 1 rings (SSSR count). The quantitative estimate of drug-likeness (QED) is 0.745. The summed E-state index contributed by atoms with van der Waals surface area (Å²) >= 11 is 0. The summed E-state index contributed by atoms with van der Waals surface area (Å²) in [6.45, 7) is -0.251. The fraction of sp³-hybridized carbons (Fsp3) is 0.900. The molecule has 2 N–H and O–H groups in total. The van der Waals surface area contributed by atoms with Gasteiger partial charge in [-0.2, -0.15) is 13.2 Å². The normalized spacial score (nSPS) is 30.1. The number of hydrogen-bond donors (Lipinski definition) is 2. The van der Waals surface area contributed by atoms with Crippen LogP contribution in [0.3, 0.4) is 0 Å². The van der Waals surface area contributed by atoms with Crippen molar-refractivity contribution in [1.82, 2.24) is 5.32 Å². The minimum absolute atomic E-state index is 0.0140. The van der Waals surface area contributed by atoms with Gasteiger partial charge in [-0.25, -0.2) is 0 Å². The Morgan fingerprint density at radius 2 is 2.00 bits per heavy atom. The summed E-state index contributed by atoms with van der Waals surface area (Å²) in [4.78, 5) is 11.6. The fourth-order valence-corrected chi connectivity index (χ4v) is 2.04. The third kappa shape index (κ3) is 2.90. The molecule has 0 aromatic rings. The Morgan fingerprint density at radius 3 is 2.41 bits per heavy atom. The van der Waals surface area contributed by atoms with E-state index in [0.717, 1.165) is 0 Å². The van der Waals surface area contributed by atoms with Gasteiger partial charge < -0.3 is 15.2 Å². The van der Waals surface area contributed by atoms with Gasteiger partial charge in [0.1, 0.15) is 12.1 Å². The molecule has 100 valence electrons. The smallest absolute Gasteiger partial charge is 0.393 e. The predicted octanol–water partition coefficient (Wildman–Crippen LogP) is 1.19. The molecule has 0 radical (unpaired) electrons. The number of nitrogens with one attached hydrogen (secondary N) is 1. The molecule has 0 spiro atoms. The van der Waals surface area contributed by atoms with Crippen LogP contribution >= 0.6 is 0 Å². The Labute approximate surface area is 97.1 Å². The molecule has 0 atom stereocenters. The molecule has 0 aromatic heterocycles. The van der Waals surface area contributed by atoms with Crippen LogP contribution < -0.4 is 5.32 Å². The molecule has 0 unspecified atom stereocenters. The van der Waals surface area contributed by atoms with E-state index in [0.29, 0.717) is 0 Å². The van der Waals surface area contributed by atoms with E-state index in [4.69, 9.17) is 0 Å². The van der Waals surface area contributed by atoms with Crippen LogP contribution in [0.2, 0.25) is 0 Å². The van der Waals surface area contributed by atoms with E-state index >= 15 is 0 Å². The molecule has 17 heavy (non-hydrogen) atoms. The Morgan fingerprint density at radius 1 is 1.47 bits per heavy atom. The van der Waals surface area contributed by atoms with Gasteiger partial charge in [0.05, 0.1) is 6.10 Å². The lowest BCUT2D eigenvalue weighted by Crippen LogP contribution is -2.53. The van der Waals surface area contributed by atoms with Crippen molar-refractivity contribution in [2.45, 2.75) is 38.0 Å². The maximum absolute atomic E-state index is 13.0. The van der Waals surface area contributed by atoms with Crippen molar-refractivity contribution in [2.75, 3.05) is 13.8 Å². The standard InChI is InChI=1S/C10H16F3NO3/c1-17-6-14-8(16)9(10(11,12)13)4-2-7(15)3-5-9/h7,15H,2-6H2,1H3,(H,14,16). The number of alkyl halides is 3. The van der Waals surface area contributed by atoms with E-state index in [2.05, 4.69) is 10.1 Å². The SMILES string of the molecule is COCNC(=O)C1(C(F)(F)F)CCC(O)CC1. The van der Waals surface area contributed by atoms with Crippen molar-refractivity contribution in [2.24, 2.45) is 5.41 Å². The highest BCUT2D eigenvalue weighted by Gasteiger charge is 2.60. The first kappa shape index (κ1) is 14.2. The number of amides is 1. The van der Waals surface area contributed by atoms with Gasteiger partial charge in [0.25, 0.3) is 0 Å². The molecule has 1 saturated carbocycles. The minimum atomic E-state index is -4.61. The summed E-state index contributed by atoms with van der Waals surface area (Å²) in [6, 6.07) is 0. The zero-order valence-electron chi connectivity index (χ0n) is 9.51. The Kier molecular flexibility index (Phi) is 4.37. The van der Waals surface area contributed by atoms with Crippen LogP contribution in [0, 0.1) is 5.41 Å². The van der Waals surface area contributed by atoms with Crippen LogP contribution in [0.4, 0.5) is 13.2 Å². The lowest BCUT2D eigenvalue weighted by Gasteiger charge is -2.38. The van der Waals surface area contributed by atoms with Gasteiger partial charge in [-0.15, -0.1) is 0 Å². The predicted molar refractivity (Wildman–Crippen MR) is 53.0 cm³/mol. The van der Waals surface area contributed by atoms with Gasteiger partial charge in [0, 0.05) is 7.11 Å². The van der Waals surface area contributed by atoms with E-state index in [1.54, 1.807) is 0 Å². The van der Waals surface area contributed by atoms with Crippen LogP contribution in [-0.2, 0) is 9.53 Å². The topological polar surface area (TPSA) is 58.6 Å². The maximum Gasteiger partial charge on any atom is 0.403 e. The molecule has 0 aromatic carbocycles. The summed E-state index contributed by atoms with van der Waals surface area (Å²) < 4.78 is 43.6. The number of aliphatic hydroxyl groups is 1. The number of carbonyl (C=O) groups is 1. The first-order valence-corrected chi connectivity index (χ1v) is 5.35. The lowest BCUT2D eigenvalue weighted by molar-refractivity contribution is -0.234. The van der Waals surface area contributed by atoms with Crippen molar-refractivity contribution in [1.29, 1.82) is 0 Å². The molecule has 7 heteroatoms. The number of carbonyl (C=O) groups excluding carboxylic acids is 1. The largest absolute Gasteiger partial charge is 0.403 e. The molecular formula is C10H16F3NO3. The number of rotatable bonds is 3. The first-order chi connectivity index (χ1) is 7.83. The molecule has 0 heterocycles. The third-order valence-electron chi connectivity index (χ3n) is 3.16. The van der Waals surface area contributed by atoms with Crippen LogP contribution in [0.5, 0.6) is 0 Å². The monoisotopic (exact) mass is 255 g/mol. The van der Waals surface area contributed by atoms with Gasteiger partial charge in [0.2, 0.25) is 5.91 Å². The van der Waals surface area contributed by atoms with E-state index in [-0.39, 0.29) is 32.4 Å². The number of hydrogen-bond acceptors (Lipinski definition) is 3. The average molecular weight is 255 g/mol. The molecule has 1 aliphatic carbocycles. The van der Waals surface area contributed by atoms with Gasteiger partial charge in [-0.05, 0) is 25.7 Å². The van der Waals surface area contributed by atoms with Crippen molar-refractivity contribution in [3.8, 4) is 0 Å². The maximum atomic E-state index is 13.0. The van der Waals surface area contributed by atoms with Crippen LogP contribution in [0.15, 0.2) is 0 Å². The van der Waals surface area contributed by atoms with E-state index in [1.165, 1.54) is 7.11 Å². The Bertz CT molecular complexity index is 272. The van der Waals surface area contributed by atoms with Crippen molar-refractivity contribution >= 4 is 5.91 Å². The van der Waals surface area contributed by atoms with Crippen LogP contribution in [0.1, 0.15) is 25.7 Å². The Hall–Kier alpha value is -0.820. The lowest BCUT2D eigenvalue weighted by atomic mass is 9.72. The molecule has 0 aliphatic heterocycles. The molecule has 1 fully saturated rings. The highest BCUT2D eigenvalue weighted by atomic mass is 19.4. The van der Waals surface area contributed by atoms with Crippen molar-refractivity contribution < 1.29 is 27.8 Å². The van der Waals surface area contributed by atoms with Gasteiger partial charge in [0.15, 0.2) is 0 Å². The minimum Gasteiger partial charge on any atom is -0.393 e. The average Bonchev–Trinajstić information content (AvgIpc) is 2.25. The summed E-state index contributed by atoms with van der Waals surface area (Å²) in [5, 5.41) is 11.3. The Balaban J connectivity index is 2.84. The van der Waals surface area contributed by atoms with Crippen molar-refractivity contribution in [3.05, 3.63) is 0 Å². The fourth-order valence-electron chi connectivity index (χ4n) is 2.04. The van der Waals surface area contributed by atoms with Crippen LogP contribution in [0.25, 0.3) is 0 Å². The number of aliphatic hydroxyl groups excluding tert-OH is 1. The molecule has 0 bridgehead atoms. The van der Waals surface area contributed by atoms with Gasteiger partial charge in [-0.3, -0.25) is 4.79 Å². The summed E-state index contributed by atoms with van der Waals surface area (Å²) in [5.74, 6) is -1.07. The van der Waals surface area contributed by atoms with E-state index in [1.807, 2.05) is 0 Å². The molecule has 1 aliphatic rings. The molecule has 4 nitrogen and oxygen atoms in total. The second-order valence-corrected chi connectivity index (χ2v) is 4.25. The number of methoxy groups -OCH3 is 1. The third-order valence-corrected chi connectivity index (χ3v) is 3.16. The van der Waals surface area contributed by atoms with Crippen molar-refractivity contribution in [3.63, 3.8) is 0 Å². The van der Waals surface area contributed by atoms with Crippen LogP contribution in [-0.4, -0.2) is 37.1 Å². The second-order valence-electron chi connectivity index (χ2n) is 4.25. The van der Waals surface area contributed by atoms with Gasteiger partial charge >= 0.3 is 6.18 Å². The number of halogens is 3. The molecule has 1 amide bonds. The second kappa shape index (κ2) is 5.22. The number of ether oxygens (including phenoxy) is 1. The highest BCUT2D eigenvalue weighted by molar-refractivity contribution is 5.83.